The topological polar surface area (TPSA) is 43.0 Å². The van der Waals surface area contributed by atoms with Crippen LogP contribution in [-0.4, -0.2) is 16.8 Å². The molecule has 1 atom stereocenters. The Morgan fingerprint density at radius 3 is 2.74 bits per heavy atom. The number of hydrogen-bond donors (Lipinski definition) is 1. The van der Waals surface area contributed by atoms with E-state index in [4.69, 9.17) is 16.0 Å². The van der Waals surface area contributed by atoms with Crippen molar-refractivity contribution in [2.24, 2.45) is 0 Å². The lowest BCUT2D eigenvalue weighted by molar-refractivity contribution is 0.511. The SMILES string of the molecule is CCn1nc(C)c(Cl)c1CC(NC)c1coc(C)c1. The van der Waals surface area contributed by atoms with Crippen LogP contribution >= 0.6 is 11.6 Å². The Bertz CT molecular complexity index is 559. The largest absolute Gasteiger partial charge is 0.469 e. The van der Waals surface area contributed by atoms with Gasteiger partial charge in [-0.05, 0) is 33.9 Å². The van der Waals surface area contributed by atoms with E-state index in [1.54, 1.807) is 6.26 Å². The lowest BCUT2D eigenvalue weighted by Gasteiger charge is -2.15. The van der Waals surface area contributed by atoms with E-state index >= 15 is 0 Å². The highest BCUT2D eigenvalue weighted by atomic mass is 35.5. The summed E-state index contributed by atoms with van der Waals surface area (Å²) >= 11 is 6.35. The molecule has 104 valence electrons. The number of rotatable bonds is 5. The van der Waals surface area contributed by atoms with Crippen molar-refractivity contribution in [3.8, 4) is 0 Å². The second-order valence-electron chi connectivity index (χ2n) is 4.70. The van der Waals surface area contributed by atoms with Gasteiger partial charge in [-0.1, -0.05) is 11.6 Å². The fourth-order valence-electron chi connectivity index (χ4n) is 2.29. The van der Waals surface area contributed by atoms with Crippen molar-refractivity contribution in [2.75, 3.05) is 7.05 Å². The molecule has 0 aliphatic carbocycles. The molecule has 2 heterocycles. The minimum atomic E-state index is 0.177. The fraction of sp³-hybridized carbons (Fsp3) is 0.500. The molecule has 2 rings (SSSR count). The van der Waals surface area contributed by atoms with Crippen molar-refractivity contribution in [1.82, 2.24) is 15.1 Å². The van der Waals surface area contributed by atoms with Crippen LogP contribution in [0.25, 0.3) is 0 Å². The number of likely N-dealkylation sites (N-methyl/N-ethyl adjacent to an activating group) is 1. The highest BCUT2D eigenvalue weighted by Gasteiger charge is 2.19. The van der Waals surface area contributed by atoms with Gasteiger partial charge in [0.1, 0.15) is 5.76 Å². The molecule has 0 spiro atoms. The van der Waals surface area contributed by atoms with Crippen LogP contribution in [0.3, 0.4) is 0 Å². The van der Waals surface area contributed by atoms with Gasteiger partial charge in [0.25, 0.3) is 0 Å². The minimum absolute atomic E-state index is 0.177. The van der Waals surface area contributed by atoms with E-state index in [1.807, 2.05) is 25.6 Å². The van der Waals surface area contributed by atoms with Crippen LogP contribution in [0.4, 0.5) is 0 Å². The minimum Gasteiger partial charge on any atom is -0.469 e. The maximum absolute atomic E-state index is 6.35. The summed E-state index contributed by atoms with van der Waals surface area (Å²) < 4.78 is 7.35. The summed E-state index contributed by atoms with van der Waals surface area (Å²) in [5.41, 5.74) is 3.09. The van der Waals surface area contributed by atoms with Gasteiger partial charge in [0.15, 0.2) is 0 Å². The zero-order valence-corrected chi connectivity index (χ0v) is 12.6. The van der Waals surface area contributed by atoms with Gasteiger partial charge in [-0.15, -0.1) is 0 Å². The van der Waals surface area contributed by atoms with Crippen molar-refractivity contribution >= 4 is 11.6 Å². The standard InChI is InChI=1S/C14H20ClN3O/c1-5-18-13(14(15)10(3)17-18)7-12(16-4)11-6-9(2)19-8-11/h6,8,12,16H,5,7H2,1-4H3. The van der Waals surface area contributed by atoms with Crippen LogP contribution in [0, 0.1) is 13.8 Å². The number of nitrogens with one attached hydrogen (secondary N) is 1. The van der Waals surface area contributed by atoms with Gasteiger partial charge in [0, 0.05) is 24.6 Å². The normalized spacial score (nSPS) is 12.9. The Morgan fingerprint density at radius 1 is 1.47 bits per heavy atom. The summed E-state index contributed by atoms with van der Waals surface area (Å²) in [4.78, 5) is 0. The molecule has 0 bridgehead atoms. The summed E-state index contributed by atoms with van der Waals surface area (Å²) in [5.74, 6) is 0.918. The van der Waals surface area contributed by atoms with Gasteiger partial charge >= 0.3 is 0 Å². The predicted molar refractivity (Wildman–Crippen MR) is 76.6 cm³/mol. The highest BCUT2D eigenvalue weighted by Crippen LogP contribution is 2.26. The van der Waals surface area contributed by atoms with Gasteiger partial charge < -0.3 is 9.73 Å². The number of aromatic nitrogens is 2. The molecule has 4 nitrogen and oxygen atoms in total. The van der Waals surface area contributed by atoms with E-state index in [0.717, 1.165) is 40.7 Å². The Hall–Kier alpha value is -1.26. The quantitative estimate of drug-likeness (QED) is 0.915. The van der Waals surface area contributed by atoms with E-state index in [-0.39, 0.29) is 6.04 Å². The summed E-state index contributed by atoms with van der Waals surface area (Å²) in [7, 11) is 1.94. The molecule has 19 heavy (non-hydrogen) atoms. The maximum Gasteiger partial charge on any atom is 0.101 e. The average Bonchev–Trinajstić information content (AvgIpc) is 2.93. The van der Waals surface area contributed by atoms with Crippen LogP contribution in [0.5, 0.6) is 0 Å². The van der Waals surface area contributed by atoms with Gasteiger partial charge in [0.2, 0.25) is 0 Å². The third-order valence-electron chi connectivity index (χ3n) is 3.35. The summed E-state index contributed by atoms with van der Waals surface area (Å²) in [6.07, 6.45) is 2.59. The van der Waals surface area contributed by atoms with E-state index in [1.165, 1.54) is 0 Å². The third kappa shape index (κ3) is 2.85. The third-order valence-corrected chi connectivity index (χ3v) is 3.84. The second-order valence-corrected chi connectivity index (χ2v) is 5.08. The number of nitrogens with zero attached hydrogens (tertiary/aromatic N) is 2. The molecule has 1 unspecified atom stereocenters. The molecule has 0 aliphatic heterocycles. The Labute approximate surface area is 118 Å². The number of halogens is 1. The Morgan fingerprint density at radius 2 is 2.21 bits per heavy atom. The van der Waals surface area contributed by atoms with E-state index in [9.17, 15) is 0 Å². The van der Waals surface area contributed by atoms with Gasteiger partial charge in [0.05, 0.1) is 22.7 Å². The Kier molecular flexibility index (Phi) is 4.32. The first-order valence-electron chi connectivity index (χ1n) is 6.50. The van der Waals surface area contributed by atoms with Crippen LogP contribution in [0.15, 0.2) is 16.7 Å². The molecule has 2 aromatic rings. The lowest BCUT2D eigenvalue weighted by Crippen LogP contribution is -2.20. The monoisotopic (exact) mass is 281 g/mol. The van der Waals surface area contributed by atoms with E-state index in [0.29, 0.717) is 0 Å². The molecule has 0 radical (unpaired) electrons. The van der Waals surface area contributed by atoms with Crippen LogP contribution in [-0.2, 0) is 13.0 Å². The van der Waals surface area contributed by atoms with Crippen molar-refractivity contribution < 1.29 is 4.42 Å². The molecule has 0 fully saturated rings. The van der Waals surface area contributed by atoms with Crippen molar-refractivity contribution in [1.29, 1.82) is 0 Å². The molecule has 0 aliphatic rings. The molecule has 2 aromatic heterocycles. The number of furan rings is 1. The average molecular weight is 282 g/mol. The first-order valence-corrected chi connectivity index (χ1v) is 6.88. The lowest BCUT2D eigenvalue weighted by atomic mass is 10.0. The smallest absolute Gasteiger partial charge is 0.101 e. The van der Waals surface area contributed by atoms with Gasteiger partial charge in [-0.2, -0.15) is 5.10 Å². The zero-order chi connectivity index (χ0) is 14.0. The molecule has 1 N–H and O–H groups in total. The first kappa shape index (κ1) is 14.2. The molecule has 0 saturated carbocycles. The predicted octanol–water partition coefficient (Wildman–Crippen LogP) is 3.27. The van der Waals surface area contributed by atoms with Gasteiger partial charge in [-0.3, -0.25) is 4.68 Å². The first-order chi connectivity index (χ1) is 9.06. The summed E-state index contributed by atoms with van der Waals surface area (Å²) in [6, 6.07) is 2.23. The van der Waals surface area contributed by atoms with E-state index < -0.39 is 0 Å². The molecule has 0 saturated heterocycles. The molecule has 5 heteroatoms. The zero-order valence-electron chi connectivity index (χ0n) is 11.8. The number of hydrogen-bond acceptors (Lipinski definition) is 3. The fourth-order valence-corrected chi connectivity index (χ4v) is 2.50. The summed E-state index contributed by atoms with van der Waals surface area (Å²) in [5, 5.41) is 8.52. The Balaban J connectivity index is 2.28. The van der Waals surface area contributed by atoms with Crippen molar-refractivity contribution in [2.45, 2.75) is 39.8 Å². The van der Waals surface area contributed by atoms with E-state index in [2.05, 4.69) is 23.4 Å². The van der Waals surface area contributed by atoms with Crippen molar-refractivity contribution in [3.63, 3.8) is 0 Å². The van der Waals surface area contributed by atoms with Crippen LogP contribution in [0.2, 0.25) is 5.02 Å². The van der Waals surface area contributed by atoms with Crippen LogP contribution < -0.4 is 5.32 Å². The maximum atomic E-state index is 6.35. The van der Waals surface area contributed by atoms with Crippen LogP contribution in [0.1, 0.15) is 35.7 Å². The molecular formula is C14H20ClN3O. The highest BCUT2D eigenvalue weighted by molar-refractivity contribution is 6.31. The van der Waals surface area contributed by atoms with Crippen molar-refractivity contribution in [3.05, 3.63) is 40.1 Å². The molecule has 0 amide bonds. The van der Waals surface area contributed by atoms with Gasteiger partial charge in [-0.25, -0.2) is 0 Å². The number of aryl methyl sites for hydroxylation is 3. The summed E-state index contributed by atoms with van der Waals surface area (Å²) in [6.45, 7) is 6.78. The second kappa shape index (κ2) is 5.80. The molecular weight excluding hydrogens is 262 g/mol. The molecule has 0 aromatic carbocycles.